The van der Waals surface area contributed by atoms with Gasteiger partial charge in [0, 0.05) is 0 Å². The molecule has 2 unspecified atom stereocenters. The quantitative estimate of drug-likeness (QED) is 0.138. The molecule has 1 aliphatic carbocycles. The normalized spacial score (nSPS) is 21.6. The smallest absolute Gasteiger partial charge is 0.140 e. The zero-order chi connectivity index (χ0) is 23.5. The van der Waals surface area contributed by atoms with E-state index >= 15 is 0 Å². The van der Waals surface area contributed by atoms with E-state index in [1.807, 2.05) is 0 Å². The highest BCUT2D eigenvalue weighted by atomic mass is 16.1. The molecule has 1 rings (SSSR count). The fourth-order valence-electron chi connectivity index (χ4n) is 5.99. The lowest BCUT2D eigenvalue weighted by molar-refractivity contribution is -0.114. The maximum Gasteiger partial charge on any atom is 0.140 e. The van der Waals surface area contributed by atoms with Gasteiger partial charge in [0.05, 0.1) is 6.07 Å². The Morgan fingerprint density at radius 2 is 1.34 bits per heavy atom. The largest absolute Gasteiger partial charge is 0.302 e. The minimum atomic E-state index is -0.724. The minimum Gasteiger partial charge on any atom is -0.302 e. The Hall–Kier alpha value is -0.840. The van der Waals surface area contributed by atoms with Crippen LogP contribution in [0.1, 0.15) is 156 Å². The van der Waals surface area contributed by atoms with Gasteiger partial charge in [-0.05, 0) is 43.4 Å². The summed E-state index contributed by atoms with van der Waals surface area (Å²) < 4.78 is 0. The Morgan fingerprint density at radius 3 is 1.94 bits per heavy atom. The highest BCUT2D eigenvalue weighted by Gasteiger charge is 2.31. The first-order chi connectivity index (χ1) is 15.6. The lowest BCUT2D eigenvalue weighted by Crippen LogP contribution is -2.24. The number of unbranched alkanes of at least 4 members (excludes halogenated alkanes) is 8. The lowest BCUT2D eigenvalue weighted by Gasteiger charge is -2.34. The zero-order valence-corrected chi connectivity index (χ0v) is 22.0. The molecule has 1 aliphatic rings. The van der Waals surface area contributed by atoms with Crippen LogP contribution in [0.4, 0.5) is 0 Å². The molecule has 0 N–H and O–H groups in total. The summed E-state index contributed by atoms with van der Waals surface area (Å²) in [5.74, 6) is 2.67. The number of nitrogens with zero attached hydrogens (tertiary/aromatic N) is 1. The van der Waals surface area contributed by atoms with E-state index < -0.39 is 5.41 Å². The van der Waals surface area contributed by atoms with Crippen LogP contribution in [-0.2, 0) is 4.79 Å². The average Bonchev–Trinajstić information content (AvgIpc) is 2.83. The summed E-state index contributed by atoms with van der Waals surface area (Å²) in [4.78, 5) is 11.8. The zero-order valence-electron chi connectivity index (χ0n) is 22.0. The molecule has 0 spiro atoms. The third-order valence-corrected chi connectivity index (χ3v) is 8.32. The molecule has 2 heteroatoms. The summed E-state index contributed by atoms with van der Waals surface area (Å²) in [5.41, 5.74) is -0.724. The molecule has 0 heterocycles. The van der Waals surface area contributed by atoms with Crippen molar-refractivity contribution in [2.24, 2.45) is 23.2 Å². The Bertz CT molecular complexity index is 488. The first kappa shape index (κ1) is 29.2. The van der Waals surface area contributed by atoms with E-state index in [-0.39, 0.29) is 0 Å². The highest BCUT2D eigenvalue weighted by Crippen LogP contribution is 2.40. The monoisotopic (exact) mass is 445 g/mol. The van der Waals surface area contributed by atoms with Crippen LogP contribution in [0.25, 0.3) is 0 Å². The second-order valence-electron chi connectivity index (χ2n) is 11.0. The van der Waals surface area contributed by atoms with Crippen molar-refractivity contribution in [1.29, 1.82) is 5.26 Å². The van der Waals surface area contributed by atoms with Crippen molar-refractivity contribution in [2.45, 2.75) is 156 Å². The Labute approximate surface area is 201 Å². The molecule has 0 amide bonds. The van der Waals surface area contributed by atoms with Crippen molar-refractivity contribution >= 4 is 6.29 Å². The van der Waals surface area contributed by atoms with E-state index in [4.69, 9.17) is 0 Å². The summed E-state index contributed by atoms with van der Waals surface area (Å²) in [7, 11) is 0. The molecule has 0 radical (unpaired) electrons. The molecule has 2 nitrogen and oxygen atoms in total. The molecule has 186 valence electrons. The molecular formula is C30H55NO. The summed E-state index contributed by atoms with van der Waals surface area (Å²) >= 11 is 0. The van der Waals surface area contributed by atoms with E-state index in [1.54, 1.807) is 0 Å². The van der Waals surface area contributed by atoms with Crippen molar-refractivity contribution < 1.29 is 4.79 Å². The fraction of sp³-hybridized carbons (Fsp3) is 0.933. The number of aldehydes is 1. The van der Waals surface area contributed by atoms with Crippen molar-refractivity contribution in [3.8, 4) is 6.07 Å². The Morgan fingerprint density at radius 1 is 0.781 bits per heavy atom. The van der Waals surface area contributed by atoms with Gasteiger partial charge in [-0.15, -0.1) is 0 Å². The SMILES string of the molecule is CCCCCCCC1CCC(C(CCCC)CCCC(C#N)(C=O)CCCCCC)CC1. The molecule has 0 bridgehead atoms. The van der Waals surface area contributed by atoms with E-state index in [0.717, 1.165) is 56.1 Å². The summed E-state index contributed by atoms with van der Waals surface area (Å²) in [6.07, 6.45) is 27.5. The fourth-order valence-corrected chi connectivity index (χ4v) is 5.99. The van der Waals surface area contributed by atoms with Gasteiger partial charge in [-0.1, -0.05) is 130 Å². The molecule has 1 saturated carbocycles. The molecular weight excluding hydrogens is 390 g/mol. The number of carbonyl (C=O) groups excluding carboxylic acids is 1. The number of rotatable bonds is 20. The summed E-state index contributed by atoms with van der Waals surface area (Å²) in [5, 5.41) is 9.75. The Kier molecular flexibility index (Phi) is 16.9. The molecule has 0 saturated heterocycles. The van der Waals surface area contributed by atoms with Gasteiger partial charge in [-0.3, -0.25) is 0 Å². The number of hydrogen-bond donors (Lipinski definition) is 0. The lowest BCUT2D eigenvalue weighted by atomic mass is 9.71. The maximum atomic E-state index is 11.8. The van der Waals surface area contributed by atoms with E-state index in [1.165, 1.54) is 103 Å². The van der Waals surface area contributed by atoms with E-state index in [2.05, 4.69) is 26.8 Å². The van der Waals surface area contributed by atoms with Gasteiger partial charge in [0.1, 0.15) is 11.7 Å². The van der Waals surface area contributed by atoms with Crippen LogP contribution in [0.2, 0.25) is 0 Å². The van der Waals surface area contributed by atoms with Crippen molar-refractivity contribution in [3.05, 3.63) is 0 Å². The maximum absolute atomic E-state index is 11.8. The van der Waals surface area contributed by atoms with Gasteiger partial charge in [-0.2, -0.15) is 5.26 Å². The molecule has 1 fully saturated rings. The average molecular weight is 446 g/mol. The second-order valence-corrected chi connectivity index (χ2v) is 11.0. The van der Waals surface area contributed by atoms with Crippen LogP contribution in [-0.4, -0.2) is 6.29 Å². The van der Waals surface area contributed by atoms with Crippen LogP contribution in [0.15, 0.2) is 0 Å². The van der Waals surface area contributed by atoms with Crippen LogP contribution in [0.3, 0.4) is 0 Å². The Balaban J connectivity index is 2.45. The topological polar surface area (TPSA) is 40.9 Å². The molecule has 0 aliphatic heterocycles. The molecule has 0 aromatic rings. The first-order valence-electron chi connectivity index (χ1n) is 14.5. The van der Waals surface area contributed by atoms with Gasteiger partial charge >= 0.3 is 0 Å². The third kappa shape index (κ3) is 11.9. The molecule has 0 aromatic carbocycles. The van der Waals surface area contributed by atoms with Gasteiger partial charge in [-0.25, -0.2) is 0 Å². The van der Waals surface area contributed by atoms with E-state index in [0.29, 0.717) is 0 Å². The number of hydrogen-bond acceptors (Lipinski definition) is 2. The van der Waals surface area contributed by atoms with Crippen molar-refractivity contribution in [2.75, 3.05) is 0 Å². The van der Waals surface area contributed by atoms with Crippen LogP contribution >= 0.6 is 0 Å². The highest BCUT2D eigenvalue weighted by molar-refractivity contribution is 5.63. The van der Waals surface area contributed by atoms with Crippen molar-refractivity contribution in [3.63, 3.8) is 0 Å². The first-order valence-corrected chi connectivity index (χ1v) is 14.5. The van der Waals surface area contributed by atoms with Gasteiger partial charge in [0.2, 0.25) is 0 Å². The minimum absolute atomic E-state index is 0.724. The predicted octanol–water partition coefficient (Wildman–Crippen LogP) is 9.81. The summed E-state index contributed by atoms with van der Waals surface area (Å²) in [6, 6.07) is 2.41. The standard InChI is InChI=1S/C30H55NO/c1-4-7-10-12-13-16-27-19-21-29(22-20-27)28(17-9-6-3)18-15-24-30(25-31,26-32)23-14-11-8-5-2/h26-29H,4-24H2,1-3H3. The van der Waals surface area contributed by atoms with Crippen LogP contribution in [0.5, 0.6) is 0 Å². The van der Waals surface area contributed by atoms with E-state index in [9.17, 15) is 10.1 Å². The second kappa shape index (κ2) is 18.6. The van der Waals surface area contributed by atoms with Gasteiger partial charge in [0.25, 0.3) is 0 Å². The van der Waals surface area contributed by atoms with Crippen molar-refractivity contribution in [1.82, 2.24) is 0 Å². The predicted molar refractivity (Wildman–Crippen MR) is 139 cm³/mol. The van der Waals surface area contributed by atoms with Crippen LogP contribution in [0, 0.1) is 34.5 Å². The number of nitriles is 1. The third-order valence-electron chi connectivity index (χ3n) is 8.32. The van der Waals surface area contributed by atoms with Crippen LogP contribution < -0.4 is 0 Å². The molecule has 32 heavy (non-hydrogen) atoms. The van der Waals surface area contributed by atoms with Gasteiger partial charge < -0.3 is 4.79 Å². The molecule has 0 aromatic heterocycles. The molecule has 2 atom stereocenters. The number of carbonyl (C=O) groups is 1. The summed E-state index contributed by atoms with van der Waals surface area (Å²) in [6.45, 7) is 6.80. The van der Waals surface area contributed by atoms with Gasteiger partial charge in [0.15, 0.2) is 0 Å².